The highest BCUT2D eigenvalue weighted by Gasteiger charge is 2.09. The van der Waals surface area contributed by atoms with Crippen LogP contribution in [0.25, 0.3) is 0 Å². The van der Waals surface area contributed by atoms with Crippen molar-refractivity contribution in [1.82, 2.24) is 0 Å². The Hall–Kier alpha value is -1.36. The first-order chi connectivity index (χ1) is 6.65. The predicted molar refractivity (Wildman–Crippen MR) is 56.5 cm³/mol. The van der Waals surface area contributed by atoms with Gasteiger partial charge in [0.15, 0.2) is 0 Å². The molecular formula is C9H8BrNO3. The van der Waals surface area contributed by atoms with Gasteiger partial charge >= 0.3 is 0 Å². The van der Waals surface area contributed by atoms with Crippen molar-refractivity contribution in [3.63, 3.8) is 0 Å². The van der Waals surface area contributed by atoms with E-state index in [9.17, 15) is 10.1 Å². The van der Waals surface area contributed by atoms with Crippen molar-refractivity contribution >= 4 is 21.6 Å². The lowest BCUT2D eigenvalue weighted by molar-refractivity contribution is -0.384. The lowest BCUT2D eigenvalue weighted by atomic mass is 10.3. The van der Waals surface area contributed by atoms with E-state index in [0.29, 0.717) is 16.8 Å². The molecule has 0 N–H and O–H groups in total. The quantitative estimate of drug-likeness (QED) is 0.474. The van der Waals surface area contributed by atoms with Crippen LogP contribution in [0.1, 0.15) is 0 Å². The molecule has 0 aliphatic heterocycles. The first-order valence-electron chi connectivity index (χ1n) is 3.83. The molecule has 0 bridgehead atoms. The molecule has 14 heavy (non-hydrogen) atoms. The summed E-state index contributed by atoms with van der Waals surface area (Å²) in [7, 11) is 0. The van der Waals surface area contributed by atoms with Crippen molar-refractivity contribution in [2.45, 2.75) is 0 Å². The highest BCUT2D eigenvalue weighted by Crippen LogP contribution is 2.29. The number of halogens is 1. The summed E-state index contributed by atoms with van der Waals surface area (Å²) in [5.74, 6) is 0.444. The number of nitrogens with zero attached hydrogens (tertiary/aromatic N) is 1. The Labute approximate surface area is 89.5 Å². The summed E-state index contributed by atoms with van der Waals surface area (Å²) in [6.45, 7) is 3.81. The SMILES string of the molecule is C=CCOc1cc([N+](=O)[O-])ccc1Br. The third-order valence-electron chi connectivity index (χ3n) is 1.48. The fraction of sp³-hybridized carbons (Fsp3) is 0.111. The highest BCUT2D eigenvalue weighted by atomic mass is 79.9. The second-order valence-electron chi connectivity index (χ2n) is 2.47. The molecule has 74 valence electrons. The number of nitro benzene ring substituents is 1. The molecule has 0 radical (unpaired) electrons. The van der Waals surface area contributed by atoms with E-state index in [-0.39, 0.29) is 5.69 Å². The van der Waals surface area contributed by atoms with Gasteiger partial charge in [-0.2, -0.15) is 0 Å². The van der Waals surface area contributed by atoms with E-state index in [4.69, 9.17) is 4.74 Å². The Morgan fingerprint density at radius 3 is 2.93 bits per heavy atom. The van der Waals surface area contributed by atoms with Crippen LogP contribution in [0.15, 0.2) is 35.3 Å². The van der Waals surface area contributed by atoms with Crippen LogP contribution in [-0.4, -0.2) is 11.5 Å². The van der Waals surface area contributed by atoms with Crippen molar-refractivity contribution in [3.8, 4) is 5.75 Å². The van der Waals surface area contributed by atoms with Crippen molar-refractivity contribution in [2.75, 3.05) is 6.61 Å². The summed E-state index contributed by atoms with van der Waals surface area (Å²) in [5, 5.41) is 10.5. The van der Waals surface area contributed by atoms with Crippen LogP contribution in [0.4, 0.5) is 5.69 Å². The maximum absolute atomic E-state index is 10.5. The molecule has 5 heteroatoms. The van der Waals surface area contributed by atoms with E-state index in [0.717, 1.165) is 0 Å². The summed E-state index contributed by atoms with van der Waals surface area (Å²) >= 11 is 3.23. The van der Waals surface area contributed by atoms with Gasteiger partial charge in [-0.25, -0.2) is 0 Å². The van der Waals surface area contributed by atoms with Gasteiger partial charge in [-0.15, -0.1) is 0 Å². The van der Waals surface area contributed by atoms with Crippen LogP contribution in [0.5, 0.6) is 5.75 Å². The van der Waals surface area contributed by atoms with Gasteiger partial charge in [-0.3, -0.25) is 10.1 Å². The van der Waals surface area contributed by atoms with Crippen LogP contribution in [0.3, 0.4) is 0 Å². The minimum atomic E-state index is -0.465. The average Bonchev–Trinajstić information content (AvgIpc) is 2.16. The van der Waals surface area contributed by atoms with Crippen LogP contribution < -0.4 is 4.74 Å². The van der Waals surface area contributed by atoms with E-state index in [1.54, 1.807) is 12.1 Å². The third-order valence-corrected chi connectivity index (χ3v) is 2.14. The van der Waals surface area contributed by atoms with Crippen molar-refractivity contribution in [3.05, 3.63) is 45.4 Å². The highest BCUT2D eigenvalue weighted by molar-refractivity contribution is 9.10. The molecule has 0 heterocycles. The molecule has 0 unspecified atom stereocenters. The van der Waals surface area contributed by atoms with Gasteiger partial charge in [0.2, 0.25) is 0 Å². The number of nitro groups is 1. The average molecular weight is 258 g/mol. The lowest BCUT2D eigenvalue weighted by Gasteiger charge is -2.04. The largest absolute Gasteiger partial charge is 0.488 e. The molecule has 4 nitrogen and oxygen atoms in total. The van der Waals surface area contributed by atoms with Crippen LogP contribution in [0.2, 0.25) is 0 Å². The molecule has 0 aromatic heterocycles. The Morgan fingerprint density at radius 2 is 2.36 bits per heavy atom. The fourth-order valence-corrected chi connectivity index (χ4v) is 1.23. The van der Waals surface area contributed by atoms with E-state index in [1.807, 2.05) is 0 Å². The summed E-state index contributed by atoms with van der Waals surface area (Å²) in [4.78, 5) is 9.99. The first-order valence-corrected chi connectivity index (χ1v) is 4.62. The zero-order valence-electron chi connectivity index (χ0n) is 7.27. The summed E-state index contributed by atoms with van der Waals surface area (Å²) in [6, 6.07) is 4.36. The molecule has 0 spiro atoms. The second-order valence-corrected chi connectivity index (χ2v) is 3.33. The summed E-state index contributed by atoms with van der Waals surface area (Å²) in [5.41, 5.74) is 0.00672. The van der Waals surface area contributed by atoms with Gasteiger partial charge in [0.1, 0.15) is 12.4 Å². The molecule has 0 aliphatic rings. The van der Waals surface area contributed by atoms with Gasteiger partial charge in [0.05, 0.1) is 15.5 Å². The number of hydrogen-bond donors (Lipinski definition) is 0. The standard InChI is InChI=1S/C9H8BrNO3/c1-2-5-14-9-6-7(11(12)13)3-4-8(9)10/h2-4,6H,1,5H2. The van der Waals surface area contributed by atoms with E-state index < -0.39 is 4.92 Å². The number of rotatable bonds is 4. The molecule has 0 saturated heterocycles. The lowest BCUT2D eigenvalue weighted by Crippen LogP contribution is -1.95. The van der Waals surface area contributed by atoms with Crippen LogP contribution in [-0.2, 0) is 0 Å². The minimum Gasteiger partial charge on any atom is -0.488 e. The van der Waals surface area contributed by atoms with Gasteiger partial charge < -0.3 is 4.74 Å². The maximum atomic E-state index is 10.5. The number of benzene rings is 1. The Bertz CT molecular complexity index is 365. The van der Waals surface area contributed by atoms with Crippen molar-refractivity contribution in [1.29, 1.82) is 0 Å². The molecule has 0 fully saturated rings. The smallest absolute Gasteiger partial charge is 0.273 e. The third kappa shape index (κ3) is 2.56. The molecule has 0 amide bonds. The van der Waals surface area contributed by atoms with Crippen LogP contribution in [0, 0.1) is 10.1 Å². The topological polar surface area (TPSA) is 52.4 Å². The number of non-ortho nitro benzene ring substituents is 1. The van der Waals surface area contributed by atoms with Gasteiger partial charge in [0, 0.05) is 6.07 Å². The molecule has 1 rings (SSSR count). The van der Waals surface area contributed by atoms with Gasteiger partial charge in [-0.1, -0.05) is 12.7 Å². The maximum Gasteiger partial charge on any atom is 0.273 e. The second kappa shape index (κ2) is 4.76. The van der Waals surface area contributed by atoms with E-state index in [1.165, 1.54) is 12.1 Å². The number of hydrogen-bond acceptors (Lipinski definition) is 3. The molecular weight excluding hydrogens is 250 g/mol. The fourth-order valence-electron chi connectivity index (χ4n) is 0.865. The minimum absolute atomic E-state index is 0.00672. The molecule has 1 aromatic carbocycles. The van der Waals surface area contributed by atoms with Gasteiger partial charge in [-0.05, 0) is 22.0 Å². The Kier molecular flexibility index (Phi) is 3.64. The molecule has 0 aliphatic carbocycles. The summed E-state index contributed by atoms with van der Waals surface area (Å²) < 4.78 is 5.89. The monoisotopic (exact) mass is 257 g/mol. The van der Waals surface area contributed by atoms with Crippen molar-refractivity contribution < 1.29 is 9.66 Å². The predicted octanol–water partition coefficient (Wildman–Crippen LogP) is 2.92. The number of ether oxygens (including phenoxy) is 1. The van der Waals surface area contributed by atoms with E-state index >= 15 is 0 Å². The van der Waals surface area contributed by atoms with E-state index in [2.05, 4.69) is 22.5 Å². The molecule has 0 atom stereocenters. The zero-order valence-corrected chi connectivity index (χ0v) is 8.86. The molecule has 0 saturated carbocycles. The molecule has 1 aromatic rings. The zero-order chi connectivity index (χ0) is 10.6. The summed E-state index contributed by atoms with van der Waals surface area (Å²) in [6.07, 6.45) is 1.57. The Balaban J connectivity index is 2.95. The van der Waals surface area contributed by atoms with Crippen LogP contribution >= 0.6 is 15.9 Å². The Morgan fingerprint density at radius 1 is 1.64 bits per heavy atom. The normalized spacial score (nSPS) is 9.50. The first kappa shape index (κ1) is 10.7. The van der Waals surface area contributed by atoms with Gasteiger partial charge in [0.25, 0.3) is 5.69 Å². The van der Waals surface area contributed by atoms with Crippen molar-refractivity contribution in [2.24, 2.45) is 0 Å².